The van der Waals surface area contributed by atoms with Crippen molar-refractivity contribution >= 4 is 12.4 Å². The van der Waals surface area contributed by atoms with Crippen molar-refractivity contribution in [2.45, 2.75) is 25.6 Å². The summed E-state index contributed by atoms with van der Waals surface area (Å²) in [5.74, 6) is 0.429. The Bertz CT molecular complexity index is 537. The zero-order chi connectivity index (χ0) is 16.9. The molecule has 2 aliphatic rings. The number of benzene rings is 1. The summed E-state index contributed by atoms with van der Waals surface area (Å²) in [4.78, 5) is 4.96. The van der Waals surface area contributed by atoms with E-state index >= 15 is 0 Å². The van der Waals surface area contributed by atoms with Gasteiger partial charge in [0.15, 0.2) is 11.5 Å². The van der Waals surface area contributed by atoms with Gasteiger partial charge in [-0.05, 0) is 30.7 Å². The van der Waals surface area contributed by atoms with Crippen LogP contribution in [0.3, 0.4) is 0 Å². The van der Waals surface area contributed by atoms with E-state index in [-0.39, 0.29) is 18.2 Å². The van der Waals surface area contributed by atoms with Crippen LogP contribution in [0.1, 0.15) is 12.0 Å². The molecule has 5 nitrogen and oxygen atoms in total. The molecule has 1 N–H and O–H groups in total. The van der Waals surface area contributed by atoms with Gasteiger partial charge < -0.3 is 14.8 Å². The normalized spacial score (nSPS) is 22.0. The van der Waals surface area contributed by atoms with Crippen LogP contribution in [-0.4, -0.2) is 68.8 Å². The molecule has 0 saturated carbocycles. The zero-order valence-electron chi connectivity index (χ0n) is 14.4. The summed E-state index contributed by atoms with van der Waals surface area (Å²) in [6.45, 7) is 4.37. The summed E-state index contributed by atoms with van der Waals surface area (Å²) in [5.41, 5.74) is 1.05. The van der Waals surface area contributed by atoms with Gasteiger partial charge in [0.25, 0.3) is 0 Å². The third-order valence-corrected chi connectivity index (χ3v) is 4.81. The summed E-state index contributed by atoms with van der Waals surface area (Å²) < 4.78 is 34.4. The molecular weight excluding hydrogens is 352 g/mol. The Morgan fingerprint density at radius 1 is 1.20 bits per heavy atom. The molecule has 142 valence electrons. The van der Waals surface area contributed by atoms with Gasteiger partial charge in [-0.1, -0.05) is 6.07 Å². The van der Waals surface area contributed by atoms with E-state index in [2.05, 4.69) is 19.9 Å². The molecule has 0 aromatic heterocycles. The minimum absolute atomic E-state index is 0. The third kappa shape index (κ3) is 5.41. The second-order valence-corrected chi connectivity index (χ2v) is 6.32. The van der Waals surface area contributed by atoms with Gasteiger partial charge in [-0.3, -0.25) is 9.80 Å². The van der Waals surface area contributed by atoms with E-state index in [1.165, 1.54) is 13.5 Å². The highest BCUT2D eigenvalue weighted by Crippen LogP contribution is 2.30. The van der Waals surface area contributed by atoms with Gasteiger partial charge in [0, 0.05) is 45.3 Å². The van der Waals surface area contributed by atoms with Crippen molar-refractivity contribution in [2.75, 3.05) is 46.4 Å². The highest BCUT2D eigenvalue weighted by Gasteiger charge is 2.26. The Morgan fingerprint density at radius 3 is 2.56 bits per heavy atom. The highest BCUT2D eigenvalue weighted by molar-refractivity contribution is 5.85. The summed E-state index contributed by atoms with van der Waals surface area (Å²) in [6.07, 6.45) is 1.24. The molecule has 8 heteroatoms. The second-order valence-electron chi connectivity index (χ2n) is 6.32. The van der Waals surface area contributed by atoms with E-state index in [0.29, 0.717) is 11.8 Å². The standard InChI is InChI=1S/C17H25F2N3O2.ClH/c1-23-16-10-13(2-3-15(16)24-17(18)19)12-21-6-8-22(9-7-21)14-4-5-20-11-14;/h2-3,10,14,17,20H,4-9,11-12H2,1H3;1H. The molecule has 1 aromatic carbocycles. The van der Waals surface area contributed by atoms with Crippen LogP contribution in [0.2, 0.25) is 0 Å². The number of hydrogen-bond donors (Lipinski definition) is 1. The van der Waals surface area contributed by atoms with Crippen LogP contribution in [0, 0.1) is 0 Å². The number of halogens is 3. The summed E-state index contributed by atoms with van der Waals surface area (Å²) >= 11 is 0. The first kappa shape index (κ1) is 20.2. The first-order valence-electron chi connectivity index (χ1n) is 8.44. The number of alkyl halides is 2. The van der Waals surface area contributed by atoms with Crippen molar-refractivity contribution in [1.29, 1.82) is 0 Å². The lowest BCUT2D eigenvalue weighted by molar-refractivity contribution is -0.0512. The topological polar surface area (TPSA) is 37.0 Å². The van der Waals surface area contributed by atoms with Crippen molar-refractivity contribution in [2.24, 2.45) is 0 Å². The fraction of sp³-hybridized carbons (Fsp3) is 0.647. The molecule has 0 radical (unpaired) electrons. The number of nitrogens with one attached hydrogen (secondary N) is 1. The first-order valence-corrected chi connectivity index (χ1v) is 8.44. The molecule has 2 fully saturated rings. The number of piperazine rings is 1. The van der Waals surface area contributed by atoms with E-state index < -0.39 is 6.61 Å². The van der Waals surface area contributed by atoms with Gasteiger partial charge in [-0.15, -0.1) is 12.4 Å². The van der Waals surface area contributed by atoms with Gasteiger partial charge in [-0.25, -0.2) is 0 Å². The maximum atomic E-state index is 12.4. The van der Waals surface area contributed by atoms with Crippen molar-refractivity contribution in [3.05, 3.63) is 23.8 Å². The van der Waals surface area contributed by atoms with Crippen molar-refractivity contribution in [3.8, 4) is 11.5 Å². The number of methoxy groups -OCH3 is 1. The Labute approximate surface area is 153 Å². The summed E-state index contributed by atoms with van der Waals surface area (Å²) in [7, 11) is 1.46. The van der Waals surface area contributed by atoms with Gasteiger partial charge >= 0.3 is 6.61 Å². The Kier molecular flexibility index (Phi) is 7.68. The van der Waals surface area contributed by atoms with Crippen molar-refractivity contribution in [1.82, 2.24) is 15.1 Å². The van der Waals surface area contributed by atoms with Gasteiger partial charge in [0.2, 0.25) is 0 Å². The number of nitrogens with zero attached hydrogens (tertiary/aromatic N) is 2. The monoisotopic (exact) mass is 377 g/mol. The lowest BCUT2D eigenvalue weighted by atomic mass is 10.1. The molecular formula is C17H26ClF2N3O2. The van der Waals surface area contributed by atoms with E-state index in [1.807, 2.05) is 6.07 Å². The average molecular weight is 378 g/mol. The third-order valence-electron chi connectivity index (χ3n) is 4.81. The van der Waals surface area contributed by atoms with Crippen LogP contribution in [0.5, 0.6) is 11.5 Å². The number of hydrogen-bond acceptors (Lipinski definition) is 5. The predicted molar refractivity (Wildman–Crippen MR) is 95.0 cm³/mol. The quantitative estimate of drug-likeness (QED) is 0.822. The second kappa shape index (κ2) is 9.52. The zero-order valence-corrected chi connectivity index (χ0v) is 15.2. The average Bonchev–Trinajstić information content (AvgIpc) is 3.11. The van der Waals surface area contributed by atoms with E-state index in [4.69, 9.17) is 4.74 Å². The SMILES string of the molecule is COc1cc(CN2CCN(C3CCNC3)CC2)ccc1OC(F)F.Cl. The largest absolute Gasteiger partial charge is 0.493 e. The highest BCUT2D eigenvalue weighted by atomic mass is 35.5. The molecule has 0 amide bonds. The van der Waals surface area contributed by atoms with Crippen LogP contribution in [0.4, 0.5) is 8.78 Å². The van der Waals surface area contributed by atoms with Gasteiger partial charge in [-0.2, -0.15) is 8.78 Å². The molecule has 3 rings (SSSR count). The molecule has 2 heterocycles. The molecule has 25 heavy (non-hydrogen) atoms. The van der Waals surface area contributed by atoms with Crippen LogP contribution in [-0.2, 0) is 6.54 Å². The lowest BCUT2D eigenvalue weighted by Crippen LogP contribution is -2.50. The number of ether oxygens (including phenoxy) is 2. The molecule has 0 bridgehead atoms. The van der Waals surface area contributed by atoms with Crippen molar-refractivity contribution < 1.29 is 18.3 Å². The summed E-state index contributed by atoms with van der Waals surface area (Å²) in [6, 6.07) is 5.84. The van der Waals surface area contributed by atoms with E-state index in [9.17, 15) is 8.78 Å². The fourth-order valence-electron chi connectivity index (χ4n) is 3.50. The van der Waals surface area contributed by atoms with E-state index in [0.717, 1.165) is 51.4 Å². The molecule has 2 aliphatic heterocycles. The number of rotatable bonds is 6. The predicted octanol–water partition coefficient (Wildman–Crippen LogP) is 2.20. The van der Waals surface area contributed by atoms with E-state index in [1.54, 1.807) is 12.1 Å². The lowest BCUT2D eigenvalue weighted by Gasteiger charge is -2.37. The Hall–Kier alpha value is -1.15. The molecule has 0 aliphatic carbocycles. The molecule has 2 saturated heterocycles. The molecule has 1 aromatic rings. The fourth-order valence-corrected chi connectivity index (χ4v) is 3.50. The molecule has 0 spiro atoms. The molecule has 1 atom stereocenters. The van der Waals surface area contributed by atoms with Crippen LogP contribution >= 0.6 is 12.4 Å². The summed E-state index contributed by atoms with van der Waals surface area (Å²) in [5, 5.41) is 3.42. The van der Waals surface area contributed by atoms with Crippen LogP contribution in [0.25, 0.3) is 0 Å². The smallest absolute Gasteiger partial charge is 0.387 e. The maximum absolute atomic E-state index is 12.4. The minimum atomic E-state index is -2.84. The van der Waals surface area contributed by atoms with Crippen molar-refractivity contribution in [3.63, 3.8) is 0 Å². The maximum Gasteiger partial charge on any atom is 0.387 e. The van der Waals surface area contributed by atoms with Gasteiger partial charge in [0.05, 0.1) is 7.11 Å². The minimum Gasteiger partial charge on any atom is -0.493 e. The first-order chi connectivity index (χ1) is 11.7. The molecule has 1 unspecified atom stereocenters. The van der Waals surface area contributed by atoms with Crippen LogP contribution in [0.15, 0.2) is 18.2 Å². The van der Waals surface area contributed by atoms with Crippen LogP contribution < -0.4 is 14.8 Å². The Morgan fingerprint density at radius 2 is 1.96 bits per heavy atom. The Balaban J connectivity index is 0.00000225. The van der Waals surface area contributed by atoms with Gasteiger partial charge in [0.1, 0.15) is 0 Å².